The summed E-state index contributed by atoms with van der Waals surface area (Å²) >= 11 is 11.8. The monoisotopic (exact) mass is 308 g/mol. The third-order valence-electron chi connectivity index (χ3n) is 2.87. The first-order valence-electron chi connectivity index (χ1n) is 6.26. The summed E-state index contributed by atoms with van der Waals surface area (Å²) in [6.45, 7) is 1.85. The molecule has 104 valence electrons. The Morgan fingerprint density at radius 2 is 1.85 bits per heavy atom. The van der Waals surface area contributed by atoms with Gasteiger partial charge in [0.15, 0.2) is 0 Å². The number of carbonyl (C=O) groups excluding carboxylic acids is 1. The van der Waals surface area contributed by atoms with Crippen LogP contribution in [0.3, 0.4) is 0 Å². The summed E-state index contributed by atoms with van der Waals surface area (Å²) < 4.78 is 5.32. The largest absolute Gasteiger partial charge is 0.426 e. The summed E-state index contributed by atoms with van der Waals surface area (Å²) in [7, 11) is 0. The van der Waals surface area contributed by atoms with Gasteiger partial charge in [0.2, 0.25) is 0 Å². The lowest BCUT2D eigenvalue weighted by molar-refractivity contribution is -0.134. The Labute approximate surface area is 128 Å². The van der Waals surface area contributed by atoms with Crippen molar-refractivity contribution in [1.29, 1.82) is 0 Å². The van der Waals surface area contributed by atoms with E-state index in [4.69, 9.17) is 27.9 Å². The number of rotatable bonds is 4. The fourth-order valence-corrected chi connectivity index (χ4v) is 2.28. The van der Waals surface area contributed by atoms with E-state index in [0.717, 1.165) is 11.1 Å². The Morgan fingerprint density at radius 3 is 2.55 bits per heavy atom. The lowest BCUT2D eigenvalue weighted by atomic mass is 10.1. The van der Waals surface area contributed by atoms with Gasteiger partial charge in [-0.15, -0.1) is 0 Å². The fourth-order valence-electron chi connectivity index (χ4n) is 1.84. The Hall–Kier alpha value is -1.51. The molecular formula is C16H14Cl2O2. The van der Waals surface area contributed by atoms with Crippen LogP contribution in [0, 0.1) is 6.92 Å². The lowest BCUT2D eigenvalue weighted by Gasteiger charge is -2.07. The second kappa shape index (κ2) is 6.78. The maximum atomic E-state index is 11.8. The van der Waals surface area contributed by atoms with Crippen molar-refractivity contribution < 1.29 is 9.53 Å². The van der Waals surface area contributed by atoms with Gasteiger partial charge in [-0.2, -0.15) is 0 Å². The van der Waals surface area contributed by atoms with E-state index in [9.17, 15) is 4.79 Å². The molecule has 0 spiro atoms. The number of ether oxygens (including phenoxy) is 1. The molecule has 4 heteroatoms. The Bertz CT molecular complexity index is 624. The van der Waals surface area contributed by atoms with Crippen molar-refractivity contribution in [3.05, 3.63) is 63.6 Å². The quantitative estimate of drug-likeness (QED) is 0.596. The van der Waals surface area contributed by atoms with Crippen LogP contribution in [0.1, 0.15) is 17.5 Å². The molecule has 0 aliphatic carbocycles. The standard InChI is InChI=1S/C16H14Cl2O2/c1-11-9-14(18)6-7-15(11)20-16(19)8-5-12-3-2-4-13(17)10-12/h2-4,6-7,9-10H,5,8H2,1H3. The number of carbonyl (C=O) groups is 1. The number of hydrogen-bond donors (Lipinski definition) is 0. The average Bonchev–Trinajstić information content (AvgIpc) is 2.40. The minimum absolute atomic E-state index is 0.268. The van der Waals surface area contributed by atoms with Gasteiger partial charge in [0.25, 0.3) is 0 Å². The second-order valence-electron chi connectivity index (χ2n) is 4.51. The van der Waals surface area contributed by atoms with Gasteiger partial charge in [-0.3, -0.25) is 4.79 Å². The van der Waals surface area contributed by atoms with Gasteiger partial charge in [0.1, 0.15) is 5.75 Å². The van der Waals surface area contributed by atoms with Crippen molar-refractivity contribution in [2.24, 2.45) is 0 Å². The summed E-state index contributed by atoms with van der Waals surface area (Å²) in [5.74, 6) is 0.279. The summed E-state index contributed by atoms with van der Waals surface area (Å²) in [5.41, 5.74) is 1.86. The third-order valence-corrected chi connectivity index (χ3v) is 3.34. The molecule has 0 unspecified atom stereocenters. The maximum absolute atomic E-state index is 11.8. The molecule has 0 aliphatic rings. The average molecular weight is 309 g/mol. The van der Waals surface area contributed by atoms with Crippen molar-refractivity contribution in [2.45, 2.75) is 19.8 Å². The highest BCUT2D eigenvalue weighted by atomic mass is 35.5. The van der Waals surface area contributed by atoms with Crippen LogP contribution >= 0.6 is 23.2 Å². The molecule has 0 fully saturated rings. The van der Waals surface area contributed by atoms with Crippen LogP contribution in [0.2, 0.25) is 10.0 Å². The Morgan fingerprint density at radius 1 is 1.10 bits per heavy atom. The first-order chi connectivity index (χ1) is 9.54. The first-order valence-corrected chi connectivity index (χ1v) is 7.01. The zero-order valence-electron chi connectivity index (χ0n) is 11.0. The van der Waals surface area contributed by atoms with Crippen molar-refractivity contribution in [2.75, 3.05) is 0 Å². The van der Waals surface area contributed by atoms with Crippen molar-refractivity contribution in [3.8, 4) is 5.75 Å². The zero-order valence-corrected chi connectivity index (χ0v) is 12.5. The molecule has 20 heavy (non-hydrogen) atoms. The van der Waals surface area contributed by atoms with Crippen LogP contribution < -0.4 is 4.74 Å². The molecule has 2 nitrogen and oxygen atoms in total. The number of aryl methyl sites for hydroxylation is 2. The first kappa shape index (κ1) is 14.9. The van der Waals surface area contributed by atoms with Gasteiger partial charge >= 0.3 is 5.97 Å². The zero-order chi connectivity index (χ0) is 14.5. The summed E-state index contributed by atoms with van der Waals surface area (Å²) in [4.78, 5) is 11.8. The van der Waals surface area contributed by atoms with Crippen LogP contribution in [0.25, 0.3) is 0 Å². The molecule has 0 aliphatic heterocycles. The molecule has 0 N–H and O–H groups in total. The Balaban J connectivity index is 1.92. The van der Waals surface area contributed by atoms with E-state index in [-0.39, 0.29) is 5.97 Å². The molecule has 0 atom stereocenters. The van der Waals surface area contributed by atoms with Crippen LogP contribution in [-0.4, -0.2) is 5.97 Å². The lowest BCUT2D eigenvalue weighted by Crippen LogP contribution is -2.09. The van der Waals surface area contributed by atoms with Gasteiger partial charge in [0.05, 0.1) is 0 Å². The summed E-state index contributed by atoms with van der Waals surface area (Å²) in [6.07, 6.45) is 0.911. The number of hydrogen-bond acceptors (Lipinski definition) is 2. The van der Waals surface area contributed by atoms with E-state index >= 15 is 0 Å². The molecule has 0 saturated carbocycles. The van der Waals surface area contributed by atoms with Crippen molar-refractivity contribution in [3.63, 3.8) is 0 Å². The molecule has 0 amide bonds. The predicted molar refractivity (Wildman–Crippen MR) is 81.6 cm³/mol. The summed E-state index contributed by atoms with van der Waals surface area (Å²) in [5, 5.41) is 1.30. The molecule has 0 aromatic heterocycles. The van der Waals surface area contributed by atoms with E-state index in [1.54, 1.807) is 24.3 Å². The number of esters is 1. The molecule has 2 rings (SSSR count). The minimum atomic E-state index is -0.268. The highest BCUT2D eigenvalue weighted by Crippen LogP contribution is 2.22. The van der Waals surface area contributed by atoms with Crippen LogP contribution in [0.4, 0.5) is 0 Å². The molecule has 0 saturated heterocycles. The highest BCUT2D eigenvalue weighted by molar-refractivity contribution is 6.30. The van der Waals surface area contributed by atoms with Gasteiger partial charge in [0, 0.05) is 16.5 Å². The predicted octanol–water partition coefficient (Wildman–Crippen LogP) is 4.84. The van der Waals surface area contributed by atoms with Gasteiger partial charge in [-0.05, 0) is 54.8 Å². The van der Waals surface area contributed by atoms with Gasteiger partial charge in [-0.1, -0.05) is 35.3 Å². The summed E-state index contributed by atoms with van der Waals surface area (Å²) in [6, 6.07) is 12.6. The van der Waals surface area contributed by atoms with Gasteiger partial charge < -0.3 is 4.74 Å². The van der Waals surface area contributed by atoms with Crippen LogP contribution in [0.15, 0.2) is 42.5 Å². The van der Waals surface area contributed by atoms with Gasteiger partial charge in [-0.25, -0.2) is 0 Å². The molecule has 0 heterocycles. The molecule has 2 aromatic rings. The molecule has 2 aromatic carbocycles. The van der Waals surface area contributed by atoms with E-state index in [0.29, 0.717) is 28.6 Å². The smallest absolute Gasteiger partial charge is 0.311 e. The van der Waals surface area contributed by atoms with E-state index < -0.39 is 0 Å². The number of benzene rings is 2. The second-order valence-corrected chi connectivity index (χ2v) is 5.39. The minimum Gasteiger partial charge on any atom is -0.426 e. The Kier molecular flexibility index (Phi) is 5.05. The van der Waals surface area contributed by atoms with E-state index in [2.05, 4.69) is 0 Å². The molecular weight excluding hydrogens is 295 g/mol. The van der Waals surface area contributed by atoms with E-state index in [1.807, 2.05) is 25.1 Å². The fraction of sp³-hybridized carbons (Fsp3) is 0.188. The maximum Gasteiger partial charge on any atom is 0.311 e. The molecule has 0 radical (unpaired) electrons. The van der Waals surface area contributed by atoms with Crippen molar-refractivity contribution >= 4 is 29.2 Å². The van der Waals surface area contributed by atoms with Crippen molar-refractivity contribution in [1.82, 2.24) is 0 Å². The topological polar surface area (TPSA) is 26.3 Å². The normalized spacial score (nSPS) is 10.3. The van der Waals surface area contributed by atoms with E-state index in [1.165, 1.54) is 0 Å². The highest BCUT2D eigenvalue weighted by Gasteiger charge is 2.08. The molecule has 0 bridgehead atoms. The van der Waals surface area contributed by atoms with Crippen LogP contribution in [-0.2, 0) is 11.2 Å². The third kappa shape index (κ3) is 4.26. The van der Waals surface area contributed by atoms with Crippen LogP contribution in [0.5, 0.6) is 5.75 Å². The number of halogens is 2. The SMILES string of the molecule is Cc1cc(Cl)ccc1OC(=O)CCc1cccc(Cl)c1.